The van der Waals surface area contributed by atoms with E-state index in [1.54, 1.807) is 16.7 Å². The van der Waals surface area contributed by atoms with Gasteiger partial charge in [0.05, 0.1) is 5.92 Å². The Morgan fingerprint density at radius 1 is 1.12 bits per heavy atom. The minimum atomic E-state index is -0.204. The number of hydrogen-bond acceptors (Lipinski definition) is 4. The normalized spacial score (nSPS) is 29.2. The second kappa shape index (κ2) is 7.00. The standard InChI is InChI=1S/C19H25N3O2S/c1-25-17-6-4-16(5-7-17)22-11-13(10-18(22)23)19(24)21-9-8-14-2-3-15(12-21)20-14/h4-7,13-15,20H,2-3,8-12H2,1H3. The number of nitrogens with one attached hydrogen (secondary N) is 1. The topological polar surface area (TPSA) is 52.7 Å². The van der Waals surface area contributed by atoms with E-state index in [4.69, 9.17) is 0 Å². The highest BCUT2D eigenvalue weighted by Crippen LogP contribution is 2.29. The van der Waals surface area contributed by atoms with Crippen LogP contribution in [0.1, 0.15) is 25.7 Å². The summed E-state index contributed by atoms with van der Waals surface area (Å²) >= 11 is 1.68. The minimum absolute atomic E-state index is 0.0599. The van der Waals surface area contributed by atoms with Crippen molar-refractivity contribution in [3.63, 3.8) is 0 Å². The van der Waals surface area contributed by atoms with Crippen molar-refractivity contribution in [3.8, 4) is 0 Å². The summed E-state index contributed by atoms with van der Waals surface area (Å²) < 4.78 is 0. The molecule has 3 aliphatic rings. The molecule has 3 atom stereocenters. The van der Waals surface area contributed by atoms with Crippen molar-refractivity contribution < 1.29 is 9.59 Å². The number of amides is 2. The van der Waals surface area contributed by atoms with Gasteiger partial charge in [-0.15, -0.1) is 11.8 Å². The van der Waals surface area contributed by atoms with Crippen LogP contribution in [-0.4, -0.2) is 54.7 Å². The quantitative estimate of drug-likeness (QED) is 0.840. The van der Waals surface area contributed by atoms with Gasteiger partial charge in [-0.3, -0.25) is 9.59 Å². The zero-order valence-electron chi connectivity index (χ0n) is 14.6. The van der Waals surface area contributed by atoms with Crippen LogP contribution in [0.3, 0.4) is 0 Å². The molecule has 4 rings (SSSR count). The van der Waals surface area contributed by atoms with E-state index >= 15 is 0 Å². The van der Waals surface area contributed by atoms with Crippen molar-refractivity contribution in [1.82, 2.24) is 10.2 Å². The number of carbonyl (C=O) groups excluding carboxylic acids is 2. The van der Waals surface area contributed by atoms with Crippen LogP contribution in [-0.2, 0) is 9.59 Å². The smallest absolute Gasteiger partial charge is 0.228 e. The molecule has 0 saturated carbocycles. The SMILES string of the molecule is CSc1ccc(N2CC(C(=O)N3CCC4CCC(C3)N4)CC2=O)cc1. The number of hydrogen-bond donors (Lipinski definition) is 1. The van der Waals surface area contributed by atoms with Crippen molar-refractivity contribution in [2.45, 2.75) is 42.7 Å². The summed E-state index contributed by atoms with van der Waals surface area (Å²) in [5, 5.41) is 3.61. The van der Waals surface area contributed by atoms with Crippen LogP contribution in [0.2, 0.25) is 0 Å². The Morgan fingerprint density at radius 3 is 2.64 bits per heavy atom. The van der Waals surface area contributed by atoms with E-state index in [1.165, 1.54) is 11.3 Å². The van der Waals surface area contributed by atoms with Gasteiger partial charge in [-0.05, 0) is 49.8 Å². The third kappa shape index (κ3) is 3.42. The number of anilines is 1. The first kappa shape index (κ1) is 16.9. The third-order valence-corrected chi connectivity index (χ3v) is 6.44. The van der Waals surface area contributed by atoms with Crippen LogP contribution in [0.4, 0.5) is 5.69 Å². The first-order valence-electron chi connectivity index (χ1n) is 9.13. The zero-order valence-corrected chi connectivity index (χ0v) is 15.4. The van der Waals surface area contributed by atoms with Gasteiger partial charge < -0.3 is 15.1 Å². The lowest BCUT2D eigenvalue weighted by atomic mass is 10.0. The fraction of sp³-hybridized carbons (Fsp3) is 0.579. The van der Waals surface area contributed by atoms with E-state index in [0.717, 1.165) is 31.6 Å². The maximum absolute atomic E-state index is 13.0. The van der Waals surface area contributed by atoms with Crippen molar-refractivity contribution in [2.75, 3.05) is 30.8 Å². The highest BCUT2D eigenvalue weighted by molar-refractivity contribution is 7.98. The number of thioether (sulfide) groups is 1. The molecular weight excluding hydrogens is 334 g/mol. The monoisotopic (exact) mass is 359 g/mol. The molecule has 3 saturated heterocycles. The number of nitrogens with zero attached hydrogens (tertiary/aromatic N) is 2. The fourth-order valence-corrected chi connectivity index (χ4v) is 4.69. The van der Waals surface area contributed by atoms with E-state index in [1.807, 2.05) is 35.4 Å². The van der Waals surface area contributed by atoms with Crippen LogP contribution in [0.15, 0.2) is 29.2 Å². The number of carbonyl (C=O) groups is 2. The summed E-state index contributed by atoms with van der Waals surface area (Å²) in [6.45, 7) is 2.12. The Hall–Kier alpha value is -1.53. The van der Waals surface area contributed by atoms with E-state index in [0.29, 0.717) is 25.0 Å². The summed E-state index contributed by atoms with van der Waals surface area (Å²) in [5.41, 5.74) is 0.898. The summed E-state index contributed by atoms with van der Waals surface area (Å²) in [6.07, 6.45) is 5.79. The average Bonchev–Trinajstić information content (AvgIpc) is 3.17. The number of rotatable bonds is 3. The fourth-order valence-electron chi connectivity index (χ4n) is 4.29. The van der Waals surface area contributed by atoms with Gasteiger partial charge in [-0.1, -0.05) is 0 Å². The van der Waals surface area contributed by atoms with Crippen molar-refractivity contribution in [1.29, 1.82) is 0 Å². The summed E-state index contributed by atoms with van der Waals surface area (Å²) in [4.78, 5) is 30.4. The van der Waals surface area contributed by atoms with Gasteiger partial charge in [0.1, 0.15) is 0 Å². The lowest BCUT2D eigenvalue weighted by Gasteiger charge is -2.27. The molecule has 0 aliphatic carbocycles. The van der Waals surface area contributed by atoms with Gasteiger partial charge in [-0.25, -0.2) is 0 Å². The van der Waals surface area contributed by atoms with E-state index < -0.39 is 0 Å². The average molecular weight is 359 g/mol. The Bertz CT molecular complexity index is 663. The molecule has 0 aromatic heterocycles. The minimum Gasteiger partial charge on any atom is -0.341 e. The molecule has 6 heteroatoms. The predicted molar refractivity (Wildman–Crippen MR) is 99.8 cm³/mol. The van der Waals surface area contributed by atoms with E-state index in [-0.39, 0.29) is 17.7 Å². The van der Waals surface area contributed by atoms with Crippen LogP contribution in [0.5, 0.6) is 0 Å². The first-order valence-corrected chi connectivity index (χ1v) is 10.4. The first-order chi connectivity index (χ1) is 12.1. The third-order valence-electron chi connectivity index (χ3n) is 5.69. The summed E-state index contributed by atoms with van der Waals surface area (Å²) in [6, 6.07) is 9.01. The Morgan fingerprint density at radius 2 is 1.88 bits per heavy atom. The molecule has 3 heterocycles. The van der Waals surface area contributed by atoms with Gasteiger partial charge in [0.2, 0.25) is 11.8 Å². The second-order valence-corrected chi connectivity index (χ2v) is 8.19. The van der Waals surface area contributed by atoms with Crippen molar-refractivity contribution >= 4 is 29.3 Å². The van der Waals surface area contributed by atoms with Crippen LogP contribution < -0.4 is 10.2 Å². The maximum Gasteiger partial charge on any atom is 0.228 e. The Kier molecular flexibility index (Phi) is 4.73. The van der Waals surface area contributed by atoms with Crippen molar-refractivity contribution in [3.05, 3.63) is 24.3 Å². The molecule has 1 aromatic rings. The number of benzene rings is 1. The van der Waals surface area contributed by atoms with Crippen LogP contribution in [0, 0.1) is 5.92 Å². The number of fused-ring (bicyclic) bond motifs is 2. The van der Waals surface area contributed by atoms with Gasteiger partial charge in [0, 0.05) is 48.7 Å². The molecule has 3 unspecified atom stereocenters. The molecule has 1 aromatic carbocycles. The lowest BCUT2D eigenvalue weighted by Crippen LogP contribution is -2.42. The second-order valence-electron chi connectivity index (χ2n) is 7.31. The summed E-state index contributed by atoms with van der Waals surface area (Å²) in [7, 11) is 0. The molecule has 0 spiro atoms. The van der Waals surface area contributed by atoms with Gasteiger partial charge in [0.15, 0.2) is 0 Å². The molecule has 134 valence electrons. The molecule has 3 fully saturated rings. The van der Waals surface area contributed by atoms with Gasteiger partial charge in [0.25, 0.3) is 0 Å². The zero-order chi connectivity index (χ0) is 17.4. The van der Waals surface area contributed by atoms with Crippen LogP contribution >= 0.6 is 11.8 Å². The molecule has 3 aliphatic heterocycles. The lowest BCUT2D eigenvalue weighted by molar-refractivity contribution is -0.136. The molecule has 5 nitrogen and oxygen atoms in total. The largest absolute Gasteiger partial charge is 0.341 e. The molecule has 0 radical (unpaired) electrons. The van der Waals surface area contributed by atoms with E-state index in [9.17, 15) is 9.59 Å². The highest BCUT2D eigenvalue weighted by Gasteiger charge is 2.39. The Labute approximate surface area is 153 Å². The van der Waals surface area contributed by atoms with Crippen LogP contribution in [0.25, 0.3) is 0 Å². The highest BCUT2D eigenvalue weighted by atomic mass is 32.2. The Balaban J connectivity index is 1.43. The maximum atomic E-state index is 13.0. The molecule has 2 bridgehead atoms. The van der Waals surface area contributed by atoms with E-state index in [2.05, 4.69) is 5.32 Å². The molecule has 2 amide bonds. The molecule has 1 N–H and O–H groups in total. The summed E-state index contributed by atoms with van der Waals surface area (Å²) in [5.74, 6) is 0.0139. The van der Waals surface area contributed by atoms with Gasteiger partial charge >= 0.3 is 0 Å². The molecule has 25 heavy (non-hydrogen) atoms. The number of likely N-dealkylation sites (tertiary alicyclic amines) is 1. The predicted octanol–water partition coefficient (Wildman–Crippen LogP) is 2.11. The van der Waals surface area contributed by atoms with Crippen molar-refractivity contribution in [2.24, 2.45) is 5.92 Å². The van der Waals surface area contributed by atoms with Gasteiger partial charge in [-0.2, -0.15) is 0 Å². The molecular formula is C19H25N3O2S.